The maximum atomic E-state index is 11.1. The third-order valence-electron chi connectivity index (χ3n) is 4.20. The van der Waals surface area contributed by atoms with Crippen LogP contribution in [0.4, 0.5) is 5.69 Å². The number of nitrogens with zero attached hydrogens (tertiary/aromatic N) is 2. The van der Waals surface area contributed by atoms with Crippen LogP contribution in [0.15, 0.2) is 36.7 Å². The normalized spacial score (nSPS) is 17.5. The van der Waals surface area contributed by atoms with E-state index in [1.807, 2.05) is 19.2 Å². The second-order valence-corrected chi connectivity index (χ2v) is 5.53. The van der Waals surface area contributed by atoms with Gasteiger partial charge < -0.3 is 9.88 Å². The van der Waals surface area contributed by atoms with E-state index in [1.54, 1.807) is 12.1 Å². The fourth-order valence-corrected chi connectivity index (χ4v) is 3.16. The third kappa shape index (κ3) is 2.69. The van der Waals surface area contributed by atoms with Crippen molar-refractivity contribution in [2.75, 3.05) is 7.05 Å². The molecule has 1 aromatic heterocycles. The van der Waals surface area contributed by atoms with E-state index >= 15 is 0 Å². The molecule has 0 aliphatic heterocycles. The van der Waals surface area contributed by atoms with Crippen molar-refractivity contribution in [3.8, 4) is 0 Å². The number of rotatable bonds is 4. The maximum absolute atomic E-state index is 11.1. The van der Waals surface area contributed by atoms with Crippen molar-refractivity contribution in [3.05, 3.63) is 63.5 Å². The average molecular weight is 285 g/mol. The van der Waals surface area contributed by atoms with Gasteiger partial charge >= 0.3 is 0 Å². The highest BCUT2D eigenvalue weighted by atomic mass is 16.6. The van der Waals surface area contributed by atoms with Crippen molar-refractivity contribution in [1.29, 1.82) is 0 Å². The zero-order valence-corrected chi connectivity index (χ0v) is 12.1. The number of para-hydroxylation sites is 1. The number of nitro groups is 1. The molecule has 0 bridgehead atoms. The lowest BCUT2D eigenvalue weighted by atomic mass is 9.91. The molecule has 0 spiro atoms. The molecule has 1 unspecified atom stereocenters. The number of aromatic nitrogens is 1. The summed E-state index contributed by atoms with van der Waals surface area (Å²) in [6.07, 6.45) is 7.70. The molecular formula is C16H19N3O2. The van der Waals surface area contributed by atoms with Gasteiger partial charge in [-0.1, -0.05) is 18.2 Å². The number of hydrogen-bond acceptors (Lipinski definition) is 3. The summed E-state index contributed by atoms with van der Waals surface area (Å²) in [6.45, 7) is 0.542. The number of nitrogens with one attached hydrogen (secondary N) is 1. The van der Waals surface area contributed by atoms with E-state index in [1.165, 1.54) is 17.5 Å². The molecule has 0 saturated heterocycles. The highest BCUT2D eigenvalue weighted by Crippen LogP contribution is 2.30. The first-order valence-corrected chi connectivity index (χ1v) is 7.27. The molecule has 0 radical (unpaired) electrons. The molecule has 1 aliphatic carbocycles. The highest BCUT2D eigenvalue weighted by Gasteiger charge is 2.21. The predicted octanol–water partition coefficient (Wildman–Crippen LogP) is 3.04. The third-order valence-corrected chi connectivity index (χ3v) is 4.20. The topological polar surface area (TPSA) is 60.1 Å². The molecule has 1 aromatic carbocycles. The van der Waals surface area contributed by atoms with Crippen molar-refractivity contribution in [1.82, 2.24) is 9.88 Å². The molecule has 110 valence electrons. The Kier molecular flexibility index (Phi) is 3.75. The Hall–Kier alpha value is -2.14. The Morgan fingerprint density at radius 1 is 1.38 bits per heavy atom. The van der Waals surface area contributed by atoms with Crippen LogP contribution in [0.1, 0.15) is 35.6 Å². The summed E-state index contributed by atoms with van der Waals surface area (Å²) in [4.78, 5) is 10.8. The summed E-state index contributed by atoms with van der Waals surface area (Å²) in [6, 6.07) is 7.35. The van der Waals surface area contributed by atoms with Gasteiger partial charge in [0.15, 0.2) is 0 Å². The molecule has 5 nitrogen and oxygen atoms in total. The van der Waals surface area contributed by atoms with E-state index in [4.69, 9.17) is 0 Å². The molecule has 0 fully saturated rings. The lowest BCUT2D eigenvalue weighted by Gasteiger charge is -2.21. The van der Waals surface area contributed by atoms with Gasteiger partial charge in [-0.15, -0.1) is 0 Å². The van der Waals surface area contributed by atoms with Gasteiger partial charge in [0, 0.05) is 30.1 Å². The van der Waals surface area contributed by atoms with Gasteiger partial charge in [-0.3, -0.25) is 10.1 Å². The lowest BCUT2D eigenvalue weighted by molar-refractivity contribution is -0.385. The number of aryl methyl sites for hydroxylation is 1. The zero-order valence-electron chi connectivity index (χ0n) is 12.1. The van der Waals surface area contributed by atoms with Crippen molar-refractivity contribution >= 4 is 5.69 Å². The summed E-state index contributed by atoms with van der Waals surface area (Å²) in [5.41, 5.74) is 3.63. The first-order chi connectivity index (χ1) is 10.2. The van der Waals surface area contributed by atoms with Crippen molar-refractivity contribution < 1.29 is 4.92 Å². The van der Waals surface area contributed by atoms with Crippen molar-refractivity contribution in [2.45, 2.75) is 31.8 Å². The smallest absolute Gasteiger partial charge is 0.274 e. The Morgan fingerprint density at radius 2 is 2.19 bits per heavy atom. The minimum atomic E-state index is -0.310. The molecule has 1 atom stereocenters. The average Bonchev–Trinajstić information content (AvgIpc) is 2.89. The number of nitro benzene ring substituents is 1. The van der Waals surface area contributed by atoms with Gasteiger partial charge in [0.1, 0.15) is 0 Å². The molecule has 1 N–H and O–H groups in total. The highest BCUT2D eigenvalue weighted by molar-refractivity contribution is 5.40. The molecule has 2 aromatic rings. The number of fused-ring (bicyclic) bond motifs is 1. The Balaban J connectivity index is 1.90. The van der Waals surface area contributed by atoms with E-state index in [2.05, 4.69) is 22.3 Å². The second-order valence-electron chi connectivity index (χ2n) is 5.53. The summed E-state index contributed by atoms with van der Waals surface area (Å²) >= 11 is 0. The van der Waals surface area contributed by atoms with E-state index in [0.29, 0.717) is 12.6 Å². The quantitative estimate of drug-likeness (QED) is 0.694. The van der Waals surface area contributed by atoms with Gasteiger partial charge in [0.2, 0.25) is 0 Å². The van der Waals surface area contributed by atoms with E-state index in [9.17, 15) is 10.1 Å². The van der Waals surface area contributed by atoms with Crippen LogP contribution in [0.3, 0.4) is 0 Å². The minimum absolute atomic E-state index is 0.189. The van der Waals surface area contributed by atoms with Crippen LogP contribution >= 0.6 is 0 Å². The Labute approximate surface area is 123 Å². The van der Waals surface area contributed by atoms with Gasteiger partial charge in [-0.05, 0) is 37.4 Å². The first kappa shape index (κ1) is 13.8. The van der Waals surface area contributed by atoms with Gasteiger partial charge in [0.25, 0.3) is 5.69 Å². The van der Waals surface area contributed by atoms with Crippen LogP contribution in [-0.4, -0.2) is 16.5 Å². The molecule has 21 heavy (non-hydrogen) atoms. The lowest BCUT2D eigenvalue weighted by Crippen LogP contribution is -2.20. The standard InChI is InChI=1S/C16H19N3O2/c1-17-15-7-4-6-12-9-18(11-14(12)15)10-13-5-2-3-8-16(13)19(20)21/h2-3,5,8-9,11,15,17H,4,6-7,10H2,1H3. The van der Waals surface area contributed by atoms with Gasteiger partial charge in [-0.25, -0.2) is 0 Å². The summed E-state index contributed by atoms with van der Waals surface area (Å²) in [5.74, 6) is 0. The van der Waals surface area contributed by atoms with Crippen molar-refractivity contribution in [2.24, 2.45) is 0 Å². The molecule has 0 amide bonds. The van der Waals surface area contributed by atoms with Gasteiger partial charge in [0.05, 0.1) is 11.5 Å². The Bertz CT molecular complexity index is 663. The van der Waals surface area contributed by atoms with Crippen LogP contribution in [-0.2, 0) is 13.0 Å². The molecule has 1 aliphatic rings. The molecular weight excluding hydrogens is 266 g/mol. The summed E-state index contributed by atoms with van der Waals surface area (Å²) in [7, 11) is 1.99. The largest absolute Gasteiger partial charge is 0.349 e. The second kappa shape index (κ2) is 5.69. The predicted molar refractivity (Wildman–Crippen MR) is 81.4 cm³/mol. The van der Waals surface area contributed by atoms with Crippen LogP contribution in [0.2, 0.25) is 0 Å². The SMILES string of the molecule is CNC1CCCc2cn(Cc3ccccc3[N+](=O)[O-])cc21. The first-order valence-electron chi connectivity index (χ1n) is 7.27. The van der Waals surface area contributed by atoms with Crippen LogP contribution in [0, 0.1) is 10.1 Å². The Morgan fingerprint density at radius 3 is 2.95 bits per heavy atom. The van der Waals surface area contributed by atoms with Crippen LogP contribution in [0.5, 0.6) is 0 Å². The zero-order chi connectivity index (χ0) is 14.8. The monoisotopic (exact) mass is 285 g/mol. The maximum Gasteiger partial charge on any atom is 0.274 e. The fraction of sp³-hybridized carbons (Fsp3) is 0.375. The summed E-state index contributed by atoms with van der Waals surface area (Å²) in [5, 5.41) is 14.4. The molecule has 3 rings (SSSR count). The van der Waals surface area contributed by atoms with Crippen LogP contribution in [0.25, 0.3) is 0 Å². The number of hydrogen-bond donors (Lipinski definition) is 1. The fourth-order valence-electron chi connectivity index (χ4n) is 3.16. The molecule has 5 heteroatoms. The summed E-state index contributed by atoms with van der Waals surface area (Å²) < 4.78 is 2.07. The van der Waals surface area contributed by atoms with E-state index in [0.717, 1.165) is 18.4 Å². The van der Waals surface area contributed by atoms with E-state index < -0.39 is 0 Å². The minimum Gasteiger partial charge on any atom is -0.349 e. The van der Waals surface area contributed by atoms with Crippen molar-refractivity contribution in [3.63, 3.8) is 0 Å². The molecule has 1 heterocycles. The molecule has 0 saturated carbocycles. The van der Waals surface area contributed by atoms with E-state index in [-0.39, 0.29) is 10.6 Å². The van der Waals surface area contributed by atoms with Gasteiger partial charge in [-0.2, -0.15) is 0 Å². The van der Waals surface area contributed by atoms with Crippen LogP contribution < -0.4 is 5.32 Å². The number of benzene rings is 1.